The van der Waals surface area contributed by atoms with Crippen LogP contribution in [-0.2, 0) is 6.42 Å². The lowest BCUT2D eigenvalue weighted by atomic mass is 10.0. The molecule has 198 valence electrons. The largest absolute Gasteiger partial charge is 0.494 e. The van der Waals surface area contributed by atoms with Crippen molar-refractivity contribution < 1.29 is 19.0 Å². The lowest BCUT2D eigenvalue weighted by Crippen LogP contribution is -2.05. The summed E-state index contributed by atoms with van der Waals surface area (Å²) in [5.74, 6) is 2.03. The van der Waals surface area contributed by atoms with E-state index in [1.54, 1.807) is 6.08 Å². The highest BCUT2D eigenvalue weighted by molar-refractivity contribution is 6.09. The predicted octanol–water partition coefficient (Wildman–Crippen LogP) is 8.85. The highest BCUT2D eigenvalue weighted by atomic mass is 16.5. The van der Waals surface area contributed by atoms with Crippen molar-refractivity contribution in [3.8, 4) is 17.2 Å². The highest BCUT2D eigenvalue weighted by Gasteiger charge is 2.13. The third-order valence-electron chi connectivity index (χ3n) is 6.14. The molecule has 0 aromatic heterocycles. The summed E-state index contributed by atoms with van der Waals surface area (Å²) < 4.78 is 18.0. The molecule has 2 rings (SSSR count). The normalized spacial score (nSPS) is 11.1. The van der Waals surface area contributed by atoms with Gasteiger partial charge in [-0.1, -0.05) is 72.3 Å². The summed E-state index contributed by atoms with van der Waals surface area (Å²) in [7, 11) is 0. The molecule has 0 aliphatic carbocycles. The Hall–Kier alpha value is -2.75. The molecule has 2 aromatic rings. The van der Waals surface area contributed by atoms with Gasteiger partial charge < -0.3 is 14.2 Å². The van der Waals surface area contributed by atoms with Gasteiger partial charge >= 0.3 is 0 Å². The number of ketones is 1. The Bertz CT molecular complexity index is 932. The summed E-state index contributed by atoms with van der Waals surface area (Å²) >= 11 is 0. The van der Waals surface area contributed by atoms with Crippen LogP contribution in [0.25, 0.3) is 6.08 Å². The number of carbonyl (C=O) groups is 1. The molecule has 0 aliphatic heterocycles. The summed E-state index contributed by atoms with van der Waals surface area (Å²) in [6, 6.07) is 11.8. The van der Waals surface area contributed by atoms with E-state index in [4.69, 9.17) is 14.2 Å². The summed E-state index contributed by atoms with van der Waals surface area (Å²) in [4.78, 5) is 13.4. The van der Waals surface area contributed by atoms with E-state index in [0.717, 1.165) is 75.5 Å². The van der Waals surface area contributed by atoms with E-state index in [9.17, 15) is 4.79 Å². The number of rotatable bonds is 19. The Balaban J connectivity index is 2.23. The fraction of sp³-hybridized carbons (Fsp3) is 0.531. The van der Waals surface area contributed by atoms with Crippen molar-refractivity contribution in [2.24, 2.45) is 0 Å². The van der Waals surface area contributed by atoms with Crippen molar-refractivity contribution in [2.45, 2.75) is 91.9 Å². The predicted molar refractivity (Wildman–Crippen MR) is 151 cm³/mol. The van der Waals surface area contributed by atoms with E-state index < -0.39 is 0 Å². The zero-order chi connectivity index (χ0) is 26.0. The van der Waals surface area contributed by atoms with Crippen molar-refractivity contribution in [1.29, 1.82) is 0 Å². The van der Waals surface area contributed by atoms with Crippen LogP contribution < -0.4 is 14.2 Å². The standard InChI is InChI=1S/C32H46O4/c1-5-9-12-21-34-28-17-20-32(36-23-14-11-7-3)29(25-28)30(33)18-16-27-24-26(8-4)15-19-31(27)35-22-13-10-6-2/h15-20,24-25H,5-14,21-23H2,1-4H3. The molecule has 4 heteroatoms. The number of allylic oxidation sites excluding steroid dienone is 1. The number of ether oxygens (including phenoxy) is 3. The van der Waals surface area contributed by atoms with Crippen LogP contribution in [0, 0.1) is 0 Å². The first-order valence-electron chi connectivity index (χ1n) is 14.0. The second-order valence-electron chi connectivity index (χ2n) is 9.25. The minimum absolute atomic E-state index is 0.0988. The smallest absolute Gasteiger partial charge is 0.189 e. The van der Waals surface area contributed by atoms with Crippen molar-refractivity contribution in [3.63, 3.8) is 0 Å². The number of unbranched alkanes of at least 4 members (excludes halogenated alkanes) is 6. The summed E-state index contributed by atoms with van der Waals surface area (Å²) in [6.07, 6.45) is 14.2. The minimum Gasteiger partial charge on any atom is -0.494 e. The van der Waals surface area contributed by atoms with Crippen molar-refractivity contribution >= 4 is 11.9 Å². The second kappa shape index (κ2) is 17.6. The van der Waals surface area contributed by atoms with Crippen molar-refractivity contribution in [2.75, 3.05) is 19.8 Å². The molecule has 0 heterocycles. The van der Waals surface area contributed by atoms with E-state index in [1.807, 2.05) is 30.3 Å². The van der Waals surface area contributed by atoms with Gasteiger partial charge in [-0.3, -0.25) is 4.79 Å². The fourth-order valence-electron chi connectivity index (χ4n) is 3.86. The topological polar surface area (TPSA) is 44.8 Å². The number of hydrogen-bond donors (Lipinski definition) is 0. The Kier molecular flexibility index (Phi) is 14.4. The highest BCUT2D eigenvalue weighted by Crippen LogP contribution is 2.27. The maximum Gasteiger partial charge on any atom is 0.189 e. The SMILES string of the molecule is CCCCCOc1ccc(OCCCCC)c(C(=O)C=Cc2cc(CC)ccc2OCCCCC)c1. The lowest BCUT2D eigenvalue weighted by Gasteiger charge is -2.13. The number of carbonyl (C=O) groups excluding carboxylic acids is 1. The Morgan fingerprint density at radius 1 is 0.694 bits per heavy atom. The van der Waals surface area contributed by atoms with Crippen LogP contribution >= 0.6 is 0 Å². The van der Waals surface area contributed by atoms with Gasteiger partial charge in [0.25, 0.3) is 0 Å². The van der Waals surface area contributed by atoms with Crippen LogP contribution in [0.2, 0.25) is 0 Å². The molecule has 36 heavy (non-hydrogen) atoms. The van der Waals surface area contributed by atoms with Gasteiger partial charge in [0.1, 0.15) is 17.2 Å². The zero-order valence-corrected chi connectivity index (χ0v) is 22.9. The average Bonchev–Trinajstić information content (AvgIpc) is 2.91. The van der Waals surface area contributed by atoms with Gasteiger partial charge in [0.05, 0.1) is 25.4 Å². The molecule has 2 aromatic carbocycles. The fourth-order valence-corrected chi connectivity index (χ4v) is 3.86. The summed E-state index contributed by atoms with van der Waals surface area (Å²) in [5, 5.41) is 0. The van der Waals surface area contributed by atoms with Gasteiger partial charge in [0.2, 0.25) is 0 Å². The molecule has 0 saturated carbocycles. The molecule has 0 aliphatic rings. The maximum absolute atomic E-state index is 13.4. The lowest BCUT2D eigenvalue weighted by molar-refractivity contribution is 0.104. The van der Waals surface area contributed by atoms with E-state index in [-0.39, 0.29) is 5.78 Å². The van der Waals surface area contributed by atoms with E-state index >= 15 is 0 Å². The third kappa shape index (κ3) is 10.5. The third-order valence-corrected chi connectivity index (χ3v) is 6.14. The van der Waals surface area contributed by atoms with Crippen LogP contribution in [-0.4, -0.2) is 25.6 Å². The van der Waals surface area contributed by atoms with Gasteiger partial charge in [-0.2, -0.15) is 0 Å². The van der Waals surface area contributed by atoms with Crippen molar-refractivity contribution in [1.82, 2.24) is 0 Å². The molecule has 0 spiro atoms. The van der Waals surface area contributed by atoms with Crippen LogP contribution in [0.5, 0.6) is 17.2 Å². The van der Waals surface area contributed by atoms with Crippen LogP contribution in [0.15, 0.2) is 42.5 Å². The molecule has 0 amide bonds. The molecule has 4 nitrogen and oxygen atoms in total. The molecule has 0 unspecified atom stereocenters. The molecule has 0 atom stereocenters. The Morgan fingerprint density at radius 2 is 1.28 bits per heavy atom. The molecular formula is C32H46O4. The molecule has 0 bridgehead atoms. The molecule has 0 fully saturated rings. The van der Waals surface area contributed by atoms with Crippen LogP contribution in [0.3, 0.4) is 0 Å². The van der Waals surface area contributed by atoms with Gasteiger partial charge in [-0.25, -0.2) is 0 Å². The Labute approximate surface area is 219 Å². The van der Waals surface area contributed by atoms with Crippen molar-refractivity contribution in [3.05, 3.63) is 59.2 Å². The first kappa shape index (κ1) is 29.5. The van der Waals surface area contributed by atoms with Crippen LogP contribution in [0.1, 0.15) is 107 Å². The molecule has 0 radical (unpaired) electrons. The number of hydrogen-bond acceptors (Lipinski definition) is 4. The average molecular weight is 495 g/mol. The molecule has 0 saturated heterocycles. The number of aryl methyl sites for hydroxylation is 1. The zero-order valence-electron chi connectivity index (χ0n) is 22.9. The molecule has 0 N–H and O–H groups in total. The maximum atomic E-state index is 13.4. The first-order valence-corrected chi connectivity index (χ1v) is 14.0. The van der Waals surface area contributed by atoms with E-state index in [0.29, 0.717) is 36.9 Å². The first-order chi connectivity index (χ1) is 17.6. The van der Waals surface area contributed by atoms with E-state index in [1.165, 1.54) is 5.56 Å². The van der Waals surface area contributed by atoms with Gasteiger partial charge in [0.15, 0.2) is 5.78 Å². The van der Waals surface area contributed by atoms with Crippen LogP contribution in [0.4, 0.5) is 0 Å². The second-order valence-corrected chi connectivity index (χ2v) is 9.25. The quantitative estimate of drug-likeness (QED) is 0.111. The Morgan fingerprint density at radius 3 is 1.89 bits per heavy atom. The molecular weight excluding hydrogens is 448 g/mol. The van der Waals surface area contributed by atoms with Gasteiger partial charge in [0, 0.05) is 5.56 Å². The number of benzene rings is 2. The summed E-state index contributed by atoms with van der Waals surface area (Å²) in [6.45, 7) is 10.6. The monoisotopic (exact) mass is 494 g/mol. The summed E-state index contributed by atoms with van der Waals surface area (Å²) in [5.41, 5.74) is 2.68. The van der Waals surface area contributed by atoms with Gasteiger partial charge in [-0.05, 0) is 73.7 Å². The van der Waals surface area contributed by atoms with Gasteiger partial charge in [-0.15, -0.1) is 0 Å². The van der Waals surface area contributed by atoms with E-state index in [2.05, 4.69) is 39.8 Å². The minimum atomic E-state index is -0.0988.